The van der Waals surface area contributed by atoms with E-state index in [9.17, 15) is 4.79 Å². The summed E-state index contributed by atoms with van der Waals surface area (Å²) in [6.07, 6.45) is -0.0971. The van der Waals surface area contributed by atoms with E-state index in [0.29, 0.717) is 17.1 Å². The maximum Gasteiger partial charge on any atom is 0.309 e. The number of hydrogen-bond donors (Lipinski definition) is 2. The average molecular weight is 228 g/mol. The minimum Gasteiger partial charge on any atom is -0.481 e. The van der Waals surface area contributed by atoms with Crippen LogP contribution < -0.4 is 5.73 Å². The van der Waals surface area contributed by atoms with Crippen molar-refractivity contribution in [2.75, 3.05) is 5.73 Å². The van der Waals surface area contributed by atoms with E-state index in [0.717, 1.165) is 5.56 Å². The van der Waals surface area contributed by atoms with E-state index >= 15 is 0 Å². The highest BCUT2D eigenvalue weighted by molar-refractivity contribution is 5.74. The van der Waals surface area contributed by atoms with Crippen LogP contribution in [0.25, 0.3) is 11.3 Å². The van der Waals surface area contributed by atoms with Crippen molar-refractivity contribution in [2.24, 2.45) is 0 Å². The molecule has 3 N–H and O–H groups in total. The fraction of sp³-hybridized carbons (Fsp3) is 0.0769. The Kier molecular flexibility index (Phi) is 3.05. The summed E-state index contributed by atoms with van der Waals surface area (Å²) >= 11 is 0. The van der Waals surface area contributed by atoms with Crippen molar-refractivity contribution >= 4 is 11.7 Å². The van der Waals surface area contributed by atoms with Gasteiger partial charge >= 0.3 is 5.97 Å². The number of aliphatic carboxylic acids is 1. The average Bonchev–Trinajstić information content (AvgIpc) is 2.32. The molecule has 0 spiro atoms. The van der Waals surface area contributed by atoms with Gasteiger partial charge in [-0.3, -0.25) is 9.78 Å². The summed E-state index contributed by atoms with van der Waals surface area (Å²) in [5.74, 6) is -0.902. The first-order valence-electron chi connectivity index (χ1n) is 5.19. The summed E-state index contributed by atoms with van der Waals surface area (Å²) in [4.78, 5) is 14.9. The van der Waals surface area contributed by atoms with E-state index < -0.39 is 5.97 Å². The van der Waals surface area contributed by atoms with Crippen molar-refractivity contribution in [3.05, 3.63) is 48.2 Å². The van der Waals surface area contributed by atoms with Gasteiger partial charge in [0.2, 0.25) is 0 Å². The van der Waals surface area contributed by atoms with Gasteiger partial charge in [-0.2, -0.15) is 0 Å². The van der Waals surface area contributed by atoms with Crippen molar-refractivity contribution in [2.45, 2.75) is 6.42 Å². The number of rotatable bonds is 3. The molecule has 2 rings (SSSR count). The molecule has 0 radical (unpaired) electrons. The van der Waals surface area contributed by atoms with Gasteiger partial charge in [0.05, 0.1) is 23.5 Å². The third-order valence-electron chi connectivity index (χ3n) is 2.36. The van der Waals surface area contributed by atoms with Crippen LogP contribution in [0.15, 0.2) is 42.5 Å². The Morgan fingerprint density at radius 3 is 2.53 bits per heavy atom. The predicted molar refractivity (Wildman–Crippen MR) is 65.4 cm³/mol. The highest BCUT2D eigenvalue weighted by atomic mass is 16.4. The summed E-state index contributed by atoms with van der Waals surface area (Å²) in [6, 6.07) is 12.8. The maximum absolute atomic E-state index is 10.6. The van der Waals surface area contributed by atoms with Crippen LogP contribution in [0.1, 0.15) is 5.69 Å². The molecule has 0 aliphatic heterocycles. The standard InChI is InChI=1S/C13H12N2O2/c14-11-7-6-10(8-12(16)17)15-13(11)9-4-2-1-3-5-9/h1-7H,8,14H2,(H,16,17). The van der Waals surface area contributed by atoms with Gasteiger partial charge in [-0.25, -0.2) is 0 Å². The Morgan fingerprint density at radius 1 is 1.18 bits per heavy atom. The highest BCUT2D eigenvalue weighted by Crippen LogP contribution is 2.23. The number of nitrogens with zero attached hydrogens (tertiary/aromatic N) is 1. The maximum atomic E-state index is 10.6. The number of hydrogen-bond acceptors (Lipinski definition) is 3. The molecule has 86 valence electrons. The van der Waals surface area contributed by atoms with E-state index in [1.54, 1.807) is 12.1 Å². The Labute approximate surface area is 98.7 Å². The number of nitrogen functional groups attached to an aromatic ring is 1. The molecule has 1 aromatic heterocycles. The number of carboxylic acids is 1. The number of anilines is 1. The molecular formula is C13H12N2O2. The molecular weight excluding hydrogens is 216 g/mol. The summed E-state index contributed by atoms with van der Waals surface area (Å²) in [6.45, 7) is 0. The van der Waals surface area contributed by atoms with E-state index in [-0.39, 0.29) is 6.42 Å². The monoisotopic (exact) mass is 228 g/mol. The Morgan fingerprint density at radius 2 is 1.88 bits per heavy atom. The Bertz CT molecular complexity index is 538. The van der Waals surface area contributed by atoms with Crippen molar-refractivity contribution in [1.82, 2.24) is 4.98 Å². The molecule has 0 aliphatic carbocycles. The van der Waals surface area contributed by atoms with Crippen LogP contribution in [0.4, 0.5) is 5.69 Å². The summed E-state index contributed by atoms with van der Waals surface area (Å²) in [7, 11) is 0. The SMILES string of the molecule is Nc1ccc(CC(=O)O)nc1-c1ccccc1. The second-order valence-corrected chi connectivity index (χ2v) is 3.68. The van der Waals surface area contributed by atoms with E-state index in [4.69, 9.17) is 10.8 Å². The molecule has 0 atom stereocenters. The zero-order valence-corrected chi connectivity index (χ0v) is 9.13. The van der Waals surface area contributed by atoms with E-state index in [1.165, 1.54) is 0 Å². The van der Waals surface area contributed by atoms with Crippen molar-refractivity contribution in [3.63, 3.8) is 0 Å². The number of benzene rings is 1. The number of aromatic nitrogens is 1. The molecule has 0 saturated heterocycles. The van der Waals surface area contributed by atoms with Crippen LogP contribution in [-0.4, -0.2) is 16.1 Å². The van der Waals surface area contributed by atoms with E-state index in [2.05, 4.69) is 4.98 Å². The first-order valence-corrected chi connectivity index (χ1v) is 5.19. The smallest absolute Gasteiger partial charge is 0.309 e. The molecule has 1 aromatic carbocycles. The third-order valence-corrected chi connectivity index (χ3v) is 2.36. The largest absolute Gasteiger partial charge is 0.481 e. The topological polar surface area (TPSA) is 76.2 Å². The van der Waals surface area contributed by atoms with Gasteiger partial charge in [0.25, 0.3) is 0 Å². The zero-order valence-electron chi connectivity index (χ0n) is 9.13. The fourth-order valence-corrected chi connectivity index (χ4v) is 1.59. The molecule has 0 fully saturated rings. The molecule has 4 heteroatoms. The minimum atomic E-state index is -0.902. The normalized spacial score (nSPS) is 10.1. The molecule has 0 saturated carbocycles. The lowest BCUT2D eigenvalue weighted by Crippen LogP contribution is -2.04. The molecule has 0 unspecified atom stereocenters. The van der Waals surface area contributed by atoms with Crippen LogP contribution in [-0.2, 0) is 11.2 Å². The van der Waals surface area contributed by atoms with Gasteiger partial charge in [-0.1, -0.05) is 30.3 Å². The van der Waals surface area contributed by atoms with Crippen LogP contribution in [0.2, 0.25) is 0 Å². The number of carbonyl (C=O) groups is 1. The van der Waals surface area contributed by atoms with Gasteiger partial charge in [-0.05, 0) is 12.1 Å². The van der Waals surface area contributed by atoms with Crippen LogP contribution >= 0.6 is 0 Å². The number of nitrogens with two attached hydrogens (primary N) is 1. The van der Waals surface area contributed by atoms with Crippen molar-refractivity contribution in [3.8, 4) is 11.3 Å². The van der Waals surface area contributed by atoms with Crippen molar-refractivity contribution in [1.29, 1.82) is 0 Å². The van der Waals surface area contributed by atoms with Crippen LogP contribution in [0.3, 0.4) is 0 Å². The van der Waals surface area contributed by atoms with Crippen LogP contribution in [0.5, 0.6) is 0 Å². The lowest BCUT2D eigenvalue weighted by Gasteiger charge is -2.06. The lowest BCUT2D eigenvalue weighted by atomic mass is 10.1. The summed E-state index contributed by atoms with van der Waals surface area (Å²) in [5, 5.41) is 8.73. The number of pyridine rings is 1. The first kappa shape index (κ1) is 11.1. The third kappa shape index (κ3) is 2.60. The summed E-state index contributed by atoms with van der Waals surface area (Å²) < 4.78 is 0. The van der Waals surface area contributed by atoms with Gasteiger partial charge in [0, 0.05) is 5.56 Å². The minimum absolute atomic E-state index is 0.0971. The number of carboxylic acid groups (broad SMARTS) is 1. The molecule has 0 bridgehead atoms. The van der Waals surface area contributed by atoms with Crippen LogP contribution in [0, 0.1) is 0 Å². The van der Waals surface area contributed by atoms with Gasteiger partial charge in [0.15, 0.2) is 0 Å². The molecule has 17 heavy (non-hydrogen) atoms. The molecule has 2 aromatic rings. The quantitative estimate of drug-likeness (QED) is 0.841. The molecule has 0 aliphatic rings. The lowest BCUT2D eigenvalue weighted by molar-refractivity contribution is -0.136. The highest BCUT2D eigenvalue weighted by Gasteiger charge is 2.07. The predicted octanol–water partition coefficient (Wildman–Crippen LogP) is 1.96. The second kappa shape index (κ2) is 4.65. The van der Waals surface area contributed by atoms with Gasteiger partial charge < -0.3 is 10.8 Å². The zero-order chi connectivity index (χ0) is 12.3. The van der Waals surface area contributed by atoms with E-state index in [1.807, 2.05) is 30.3 Å². The van der Waals surface area contributed by atoms with Crippen molar-refractivity contribution < 1.29 is 9.90 Å². The van der Waals surface area contributed by atoms with Gasteiger partial charge in [0.1, 0.15) is 0 Å². The fourth-order valence-electron chi connectivity index (χ4n) is 1.59. The molecule has 1 heterocycles. The molecule has 4 nitrogen and oxygen atoms in total. The Hall–Kier alpha value is -2.36. The Balaban J connectivity index is 2.43. The van der Waals surface area contributed by atoms with Gasteiger partial charge in [-0.15, -0.1) is 0 Å². The summed E-state index contributed by atoms with van der Waals surface area (Å²) in [5.41, 5.74) is 8.41. The molecule has 0 amide bonds. The first-order chi connectivity index (χ1) is 8.16. The second-order valence-electron chi connectivity index (χ2n) is 3.68.